The molecule has 1 heterocycles. The van der Waals surface area contributed by atoms with Crippen molar-refractivity contribution < 1.29 is 19.4 Å². The number of nitrogens with one attached hydrogen (secondary N) is 1. The highest BCUT2D eigenvalue weighted by molar-refractivity contribution is 5.90. The van der Waals surface area contributed by atoms with E-state index in [1.165, 1.54) is 4.90 Å². The number of ether oxygens (including phenoxy) is 1. The first-order valence-electron chi connectivity index (χ1n) is 6.69. The molecule has 0 atom stereocenters. The zero-order chi connectivity index (χ0) is 15.4. The van der Waals surface area contributed by atoms with Gasteiger partial charge in [-0.3, -0.25) is 4.79 Å². The van der Waals surface area contributed by atoms with Crippen LogP contribution in [-0.2, 0) is 4.79 Å². The van der Waals surface area contributed by atoms with E-state index in [1.807, 2.05) is 19.2 Å². The molecule has 1 aliphatic heterocycles. The maximum absolute atomic E-state index is 12.0. The number of carboxylic acid groups (broad SMARTS) is 1. The molecule has 0 aromatic heterocycles. The number of anilines is 2. The van der Waals surface area contributed by atoms with Gasteiger partial charge < -0.3 is 25.0 Å². The van der Waals surface area contributed by atoms with Gasteiger partial charge in [0, 0.05) is 26.3 Å². The van der Waals surface area contributed by atoms with Crippen molar-refractivity contribution in [3.8, 4) is 5.75 Å². The first-order valence-corrected chi connectivity index (χ1v) is 6.69. The lowest BCUT2D eigenvalue weighted by molar-refractivity contribution is -0.137. The van der Waals surface area contributed by atoms with Crippen molar-refractivity contribution in [2.24, 2.45) is 0 Å². The van der Waals surface area contributed by atoms with Crippen molar-refractivity contribution in [3.05, 3.63) is 18.2 Å². The average molecular weight is 293 g/mol. The van der Waals surface area contributed by atoms with E-state index in [1.54, 1.807) is 13.1 Å². The van der Waals surface area contributed by atoms with E-state index in [2.05, 4.69) is 10.2 Å². The molecule has 21 heavy (non-hydrogen) atoms. The lowest BCUT2D eigenvalue weighted by Gasteiger charge is -2.28. The first-order chi connectivity index (χ1) is 9.97. The van der Waals surface area contributed by atoms with E-state index in [0.717, 1.165) is 18.0 Å². The Balaban J connectivity index is 2.01. The van der Waals surface area contributed by atoms with Crippen LogP contribution in [0.2, 0.25) is 0 Å². The molecule has 2 rings (SSSR count). The first kappa shape index (κ1) is 15.0. The SMILES string of the molecule is CN(CCC(=O)O)C(=O)Nc1ccc2c(c1)N(C)CCO2. The molecule has 0 saturated carbocycles. The molecule has 0 aliphatic carbocycles. The van der Waals surface area contributed by atoms with Gasteiger partial charge in [0.1, 0.15) is 12.4 Å². The van der Waals surface area contributed by atoms with E-state index in [9.17, 15) is 9.59 Å². The van der Waals surface area contributed by atoms with Crippen molar-refractivity contribution in [1.29, 1.82) is 0 Å². The molecule has 0 radical (unpaired) electrons. The molecule has 0 bridgehead atoms. The van der Waals surface area contributed by atoms with Gasteiger partial charge in [-0.1, -0.05) is 0 Å². The Morgan fingerprint density at radius 3 is 2.95 bits per heavy atom. The van der Waals surface area contributed by atoms with Gasteiger partial charge in [0.25, 0.3) is 0 Å². The fourth-order valence-corrected chi connectivity index (χ4v) is 2.01. The van der Waals surface area contributed by atoms with Crippen LogP contribution in [0.25, 0.3) is 0 Å². The number of carbonyl (C=O) groups is 2. The number of fused-ring (bicyclic) bond motifs is 1. The lowest BCUT2D eigenvalue weighted by atomic mass is 10.2. The van der Waals surface area contributed by atoms with Crippen molar-refractivity contribution in [1.82, 2.24) is 4.90 Å². The van der Waals surface area contributed by atoms with Crippen molar-refractivity contribution in [3.63, 3.8) is 0 Å². The Bertz CT molecular complexity index is 547. The van der Waals surface area contributed by atoms with E-state index in [4.69, 9.17) is 9.84 Å². The Labute approximate surface area is 123 Å². The van der Waals surface area contributed by atoms with Crippen molar-refractivity contribution in [2.75, 3.05) is 44.0 Å². The molecule has 114 valence electrons. The minimum atomic E-state index is -0.929. The summed E-state index contributed by atoms with van der Waals surface area (Å²) in [7, 11) is 3.53. The molecule has 7 heteroatoms. The van der Waals surface area contributed by atoms with E-state index in [-0.39, 0.29) is 19.0 Å². The second-order valence-electron chi connectivity index (χ2n) is 4.95. The highest BCUT2D eigenvalue weighted by Crippen LogP contribution is 2.33. The number of nitrogens with zero attached hydrogens (tertiary/aromatic N) is 2. The van der Waals surface area contributed by atoms with Gasteiger partial charge in [-0.05, 0) is 18.2 Å². The Morgan fingerprint density at radius 2 is 2.24 bits per heavy atom. The summed E-state index contributed by atoms with van der Waals surface area (Å²) < 4.78 is 5.54. The summed E-state index contributed by atoms with van der Waals surface area (Å²) in [6, 6.07) is 5.09. The average Bonchev–Trinajstić information content (AvgIpc) is 2.45. The summed E-state index contributed by atoms with van der Waals surface area (Å²) in [5, 5.41) is 11.4. The number of carboxylic acids is 1. The number of likely N-dealkylation sites (N-methyl/N-ethyl adjacent to an activating group) is 1. The predicted octanol–water partition coefficient (Wildman–Crippen LogP) is 1.45. The lowest BCUT2D eigenvalue weighted by Crippen LogP contribution is -2.33. The fraction of sp³-hybridized carbons (Fsp3) is 0.429. The number of carbonyl (C=O) groups excluding carboxylic acids is 1. The van der Waals surface area contributed by atoms with Crippen LogP contribution in [0.4, 0.5) is 16.2 Å². The number of hydrogen-bond acceptors (Lipinski definition) is 4. The van der Waals surface area contributed by atoms with Crippen LogP contribution < -0.4 is 15.0 Å². The smallest absolute Gasteiger partial charge is 0.321 e. The van der Waals surface area contributed by atoms with Gasteiger partial charge in [0.2, 0.25) is 0 Å². The Kier molecular flexibility index (Phi) is 4.52. The molecule has 0 unspecified atom stereocenters. The van der Waals surface area contributed by atoms with Crippen LogP contribution in [0.1, 0.15) is 6.42 Å². The number of urea groups is 1. The predicted molar refractivity (Wildman–Crippen MR) is 79.1 cm³/mol. The summed E-state index contributed by atoms with van der Waals surface area (Å²) in [6.07, 6.45) is -0.0787. The summed E-state index contributed by atoms with van der Waals surface area (Å²) >= 11 is 0. The van der Waals surface area contributed by atoms with Crippen LogP contribution in [0.5, 0.6) is 5.75 Å². The minimum absolute atomic E-state index is 0.0787. The standard InChI is InChI=1S/C14H19N3O4/c1-16-7-8-21-12-4-3-10(9-11(12)16)15-14(20)17(2)6-5-13(18)19/h3-4,9H,5-8H2,1-2H3,(H,15,20)(H,18,19). The quantitative estimate of drug-likeness (QED) is 0.878. The number of rotatable bonds is 4. The third-order valence-corrected chi connectivity index (χ3v) is 3.31. The molecular formula is C14H19N3O4. The summed E-state index contributed by atoms with van der Waals surface area (Å²) in [5.41, 5.74) is 1.57. The van der Waals surface area contributed by atoms with Crippen LogP contribution in [0.15, 0.2) is 18.2 Å². The second-order valence-corrected chi connectivity index (χ2v) is 4.95. The topological polar surface area (TPSA) is 82.1 Å². The molecule has 0 fully saturated rings. The summed E-state index contributed by atoms with van der Waals surface area (Å²) in [4.78, 5) is 25.9. The molecule has 0 spiro atoms. The van der Waals surface area contributed by atoms with Gasteiger partial charge in [-0.15, -0.1) is 0 Å². The highest BCUT2D eigenvalue weighted by atomic mass is 16.5. The minimum Gasteiger partial charge on any atom is -0.490 e. The molecule has 7 nitrogen and oxygen atoms in total. The Morgan fingerprint density at radius 1 is 1.48 bits per heavy atom. The monoisotopic (exact) mass is 293 g/mol. The normalized spacial score (nSPS) is 13.1. The number of hydrogen-bond donors (Lipinski definition) is 2. The summed E-state index contributed by atoms with van der Waals surface area (Å²) in [5.74, 6) is -0.136. The summed E-state index contributed by atoms with van der Waals surface area (Å²) in [6.45, 7) is 1.60. The maximum Gasteiger partial charge on any atom is 0.321 e. The van der Waals surface area contributed by atoms with Crippen molar-refractivity contribution in [2.45, 2.75) is 6.42 Å². The largest absolute Gasteiger partial charge is 0.490 e. The number of aliphatic carboxylic acids is 1. The molecule has 2 N–H and O–H groups in total. The maximum atomic E-state index is 12.0. The van der Waals surface area contributed by atoms with E-state index >= 15 is 0 Å². The molecular weight excluding hydrogens is 274 g/mol. The number of amides is 2. The second kappa shape index (κ2) is 6.34. The van der Waals surface area contributed by atoms with Crippen molar-refractivity contribution >= 4 is 23.4 Å². The van der Waals surface area contributed by atoms with Crippen LogP contribution in [-0.4, -0.2) is 55.8 Å². The van der Waals surface area contributed by atoms with Crippen LogP contribution in [0, 0.1) is 0 Å². The van der Waals surface area contributed by atoms with Gasteiger partial charge in [0.15, 0.2) is 0 Å². The molecule has 1 aliphatic rings. The van der Waals surface area contributed by atoms with Crippen LogP contribution in [0.3, 0.4) is 0 Å². The molecule has 2 amide bonds. The zero-order valence-corrected chi connectivity index (χ0v) is 12.1. The fourth-order valence-electron chi connectivity index (χ4n) is 2.01. The van der Waals surface area contributed by atoms with E-state index in [0.29, 0.717) is 12.3 Å². The third kappa shape index (κ3) is 3.77. The molecule has 1 aromatic rings. The third-order valence-electron chi connectivity index (χ3n) is 3.31. The van der Waals surface area contributed by atoms with Crippen LogP contribution >= 0.6 is 0 Å². The van der Waals surface area contributed by atoms with Gasteiger partial charge in [-0.2, -0.15) is 0 Å². The van der Waals surface area contributed by atoms with Gasteiger partial charge in [-0.25, -0.2) is 4.79 Å². The molecule has 1 aromatic carbocycles. The zero-order valence-electron chi connectivity index (χ0n) is 12.1. The van der Waals surface area contributed by atoms with Gasteiger partial charge >= 0.3 is 12.0 Å². The highest BCUT2D eigenvalue weighted by Gasteiger charge is 2.16. The Hall–Kier alpha value is -2.44. The van der Waals surface area contributed by atoms with E-state index < -0.39 is 5.97 Å². The number of benzene rings is 1. The van der Waals surface area contributed by atoms with Gasteiger partial charge in [0.05, 0.1) is 18.7 Å². The molecule has 0 saturated heterocycles.